The smallest absolute Gasteiger partial charge is 0.338 e. The third-order valence-corrected chi connectivity index (χ3v) is 4.61. The Kier molecular flexibility index (Phi) is 8.68. The van der Waals surface area contributed by atoms with E-state index in [1.807, 2.05) is 18.4 Å². The maximum Gasteiger partial charge on any atom is 0.338 e. The van der Waals surface area contributed by atoms with Gasteiger partial charge in [0, 0.05) is 10.6 Å². The zero-order chi connectivity index (χ0) is 20.4. The van der Waals surface area contributed by atoms with Gasteiger partial charge in [-0.2, -0.15) is 0 Å². The first-order valence-corrected chi connectivity index (χ1v) is 10.2. The molecule has 0 saturated carbocycles. The number of anilines is 1. The van der Waals surface area contributed by atoms with Crippen LogP contribution in [0.15, 0.2) is 47.4 Å². The van der Waals surface area contributed by atoms with Gasteiger partial charge in [0.1, 0.15) is 0 Å². The van der Waals surface area contributed by atoms with Gasteiger partial charge in [-0.1, -0.05) is 13.3 Å². The van der Waals surface area contributed by atoms with Gasteiger partial charge in [-0.05, 0) is 55.1 Å². The number of nitrogens with one attached hydrogen (secondary N) is 1. The number of rotatable bonds is 10. The van der Waals surface area contributed by atoms with E-state index >= 15 is 0 Å². The van der Waals surface area contributed by atoms with Gasteiger partial charge >= 0.3 is 5.97 Å². The molecule has 1 amide bonds. The third-order valence-electron chi connectivity index (χ3n) is 3.86. The Morgan fingerprint density at radius 2 is 1.82 bits per heavy atom. The van der Waals surface area contributed by atoms with Crippen LogP contribution in [-0.4, -0.2) is 38.5 Å². The maximum atomic E-state index is 12.2. The Labute approximate surface area is 169 Å². The average Bonchev–Trinajstić information content (AvgIpc) is 2.73. The van der Waals surface area contributed by atoms with Crippen LogP contribution < -0.4 is 14.8 Å². The fourth-order valence-corrected chi connectivity index (χ4v) is 2.73. The highest BCUT2D eigenvalue weighted by atomic mass is 32.2. The predicted octanol–water partition coefficient (Wildman–Crippen LogP) is 4.39. The lowest BCUT2D eigenvalue weighted by atomic mass is 10.2. The normalized spacial score (nSPS) is 10.2. The molecule has 2 rings (SSSR count). The molecule has 1 N–H and O–H groups in total. The summed E-state index contributed by atoms with van der Waals surface area (Å²) < 4.78 is 16.0. The number of thioether (sulfide) groups is 1. The van der Waals surface area contributed by atoms with Crippen LogP contribution in [0.4, 0.5) is 5.69 Å². The molecule has 0 spiro atoms. The van der Waals surface area contributed by atoms with E-state index < -0.39 is 11.9 Å². The predicted molar refractivity (Wildman–Crippen MR) is 111 cm³/mol. The number of carbonyl (C=O) groups excluding carboxylic acids is 2. The van der Waals surface area contributed by atoms with E-state index in [-0.39, 0.29) is 12.2 Å². The van der Waals surface area contributed by atoms with Gasteiger partial charge in [0.2, 0.25) is 0 Å². The SMILES string of the molecule is CCCCOc1ccc(C(=O)OCC(=O)Nc2ccc(SC)cc2)cc1OC. The summed E-state index contributed by atoms with van der Waals surface area (Å²) in [6.45, 7) is 2.28. The van der Waals surface area contributed by atoms with Gasteiger partial charge < -0.3 is 19.5 Å². The van der Waals surface area contributed by atoms with Crippen LogP contribution >= 0.6 is 11.8 Å². The maximum absolute atomic E-state index is 12.2. The average molecular weight is 404 g/mol. The van der Waals surface area contributed by atoms with E-state index in [1.54, 1.807) is 42.1 Å². The van der Waals surface area contributed by atoms with E-state index in [4.69, 9.17) is 14.2 Å². The van der Waals surface area contributed by atoms with E-state index in [9.17, 15) is 9.59 Å². The first-order valence-electron chi connectivity index (χ1n) is 8.99. The lowest BCUT2D eigenvalue weighted by molar-refractivity contribution is -0.119. The van der Waals surface area contributed by atoms with Gasteiger partial charge in [-0.3, -0.25) is 4.79 Å². The van der Waals surface area contributed by atoms with Crippen molar-refractivity contribution in [1.82, 2.24) is 0 Å². The lowest BCUT2D eigenvalue weighted by Crippen LogP contribution is -2.20. The number of amides is 1. The molecule has 6 nitrogen and oxygen atoms in total. The zero-order valence-corrected chi connectivity index (χ0v) is 17.1. The summed E-state index contributed by atoms with van der Waals surface area (Å²) in [5.74, 6) is 0.00541. The van der Waals surface area contributed by atoms with Crippen LogP contribution in [0.3, 0.4) is 0 Å². The van der Waals surface area contributed by atoms with Crippen molar-refractivity contribution >= 4 is 29.3 Å². The van der Waals surface area contributed by atoms with Gasteiger partial charge in [0.15, 0.2) is 18.1 Å². The number of hydrogen-bond acceptors (Lipinski definition) is 6. The molecular weight excluding hydrogens is 378 g/mol. The summed E-state index contributed by atoms with van der Waals surface area (Å²) in [4.78, 5) is 25.3. The molecule has 2 aromatic carbocycles. The molecule has 7 heteroatoms. The first kappa shape index (κ1) is 21.6. The second kappa shape index (κ2) is 11.2. The number of hydrogen-bond donors (Lipinski definition) is 1. The van der Waals surface area contributed by atoms with Crippen molar-refractivity contribution in [2.75, 3.05) is 31.9 Å². The summed E-state index contributed by atoms with van der Waals surface area (Å²) in [6.07, 6.45) is 3.93. The molecular formula is C21H25NO5S. The molecule has 0 unspecified atom stereocenters. The molecule has 28 heavy (non-hydrogen) atoms. The minimum absolute atomic E-state index is 0.289. The summed E-state index contributed by atoms with van der Waals surface area (Å²) in [6, 6.07) is 12.2. The van der Waals surface area contributed by atoms with Crippen molar-refractivity contribution in [2.24, 2.45) is 0 Å². The highest BCUT2D eigenvalue weighted by Gasteiger charge is 2.14. The molecule has 0 bridgehead atoms. The summed E-state index contributed by atoms with van der Waals surface area (Å²) in [7, 11) is 1.51. The first-order chi connectivity index (χ1) is 13.6. The molecule has 0 radical (unpaired) electrons. The van der Waals surface area contributed by atoms with Crippen molar-refractivity contribution in [3.05, 3.63) is 48.0 Å². The molecule has 0 fully saturated rings. The Hall–Kier alpha value is -2.67. The standard InChI is InChI=1S/C21H25NO5S/c1-4-5-12-26-18-11-6-15(13-19(18)25-2)21(24)27-14-20(23)22-16-7-9-17(28-3)10-8-16/h6-11,13H,4-5,12,14H2,1-3H3,(H,22,23). The quantitative estimate of drug-likeness (QED) is 0.360. The van der Waals surface area contributed by atoms with Crippen LogP contribution in [0.5, 0.6) is 11.5 Å². The van der Waals surface area contributed by atoms with Gasteiger partial charge in [-0.15, -0.1) is 11.8 Å². The van der Waals surface area contributed by atoms with E-state index in [0.29, 0.717) is 23.8 Å². The van der Waals surface area contributed by atoms with Crippen molar-refractivity contribution in [1.29, 1.82) is 0 Å². The monoisotopic (exact) mass is 403 g/mol. The van der Waals surface area contributed by atoms with Crippen molar-refractivity contribution < 1.29 is 23.8 Å². The van der Waals surface area contributed by atoms with Crippen LogP contribution in [0.2, 0.25) is 0 Å². The van der Waals surface area contributed by atoms with Crippen molar-refractivity contribution in [3.8, 4) is 11.5 Å². The Morgan fingerprint density at radius 3 is 2.46 bits per heavy atom. The summed E-state index contributed by atoms with van der Waals surface area (Å²) >= 11 is 1.62. The number of esters is 1. The molecule has 0 aliphatic rings. The topological polar surface area (TPSA) is 73.9 Å². The molecule has 0 aliphatic carbocycles. The molecule has 2 aromatic rings. The molecule has 150 valence electrons. The number of methoxy groups -OCH3 is 1. The number of ether oxygens (including phenoxy) is 3. The molecule has 0 aliphatic heterocycles. The van der Waals surface area contributed by atoms with E-state index in [2.05, 4.69) is 12.2 Å². The van der Waals surface area contributed by atoms with Crippen molar-refractivity contribution in [2.45, 2.75) is 24.7 Å². The molecule has 0 saturated heterocycles. The molecule has 0 aromatic heterocycles. The Bertz CT molecular complexity index is 792. The van der Waals surface area contributed by atoms with Gasteiger partial charge in [0.05, 0.1) is 19.3 Å². The minimum atomic E-state index is -0.605. The Balaban J connectivity index is 1.89. The van der Waals surface area contributed by atoms with Gasteiger partial charge in [0.25, 0.3) is 5.91 Å². The number of benzene rings is 2. The highest BCUT2D eigenvalue weighted by Crippen LogP contribution is 2.28. The van der Waals surface area contributed by atoms with Crippen LogP contribution in [0.1, 0.15) is 30.1 Å². The van der Waals surface area contributed by atoms with Gasteiger partial charge in [-0.25, -0.2) is 4.79 Å². The van der Waals surface area contributed by atoms with E-state index in [1.165, 1.54) is 7.11 Å². The molecule has 0 atom stereocenters. The highest BCUT2D eigenvalue weighted by molar-refractivity contribution is 7.98. The molecule has 0 heterocycles. The second-order valence-electron chi connectivity index (χ2n) is 5.92. The lowest BCUT2D eigenvalue weighted by Gasteiger charge is -2.12. The fourth-order valence-electron chi connectivity index (χ4n) is 2.33. The fraction of sp³-hybridized carbons (Fsp3) is 0.333. The zero-order valence-electron chi connectivity index (χ0n) is 16.3. The number of unbranched alkanes of at least 4 members (excludes halogenated alkanes) is 1. The van der Waals surface area contributed by atoms with Crippen molar-refractivity contribution in [3.63, 3.8) is 0 Å². The van der Waals surface area contributed by atoms with Crippen LogP contribution in [0.25, 0.3) is 0 Å². The number of carbonyl (C=O) groups is 2. The Morgan fingerprint density at radius 1 is 1.07 bits per heavy atom. The van der Waals surface area contributed by atoms with Crippen LogP contribution in [-0.2, 0) is 9.53 Å². The second-order valence-corrected chi connectivity index (χ2v) is 6.80. The summed E-state index contributed by atoms with van der Waals surface area (Å²) in [5.41, 5.74) is 0.936. The van der Waals surface area contributed by atoms with Crippen LogP contribution in [0, 0.1) is 0 Å². The summed E-state index contributed by atoms with van der Waals surface area (Å²) in [5, 5.41) is 2.69. The van der Waals surface area contributed by atoms with E-state index in [0.717, 1.165) is 17.7 Å². The largest absolute Gasteiger partial charge is 0.493 e. The third kappa shape index (κ3) is 6.49. The minimum Gasteiger partial charge on any atom is -0.493 e.